The quantitative estimate of drug-likeness (QED) is 0.213. The second-order valence-electron chi connectivity index (χ2n) is 10.2. The SMILES string of the molecule is CCCCCCCOC(C)(C(=O)O)c1ccc(OCCCCC2c3ccccc3-c3ccccc32)cc1. The van der Waals surface area contributed by atoms with E-state index in [-0.39, 0.29) is 0 Å². The smallest absolute Gasteiger partial charge is 0.340 e. The molecule has 0 amide bonds. The van der Waals surface area contributed by atoms with Gasteiger partial charge in [-0.25, -0.2) is 4.79 Å². The number of carboxylic acid groups (broad SMARTS) is 1. The Kier molecular flexibility index (Phi) is 9.40. The summed E-state index contributed by atoms with van der Waals surface area (Å²) in [6.45, 7) is 4.90. The number of benzene rings is 3. The molecule has 0 bridgehead atoms. The summed E-state index contributed by atoms with van der Waals surface area (Å²) in [6.07, 6.45) is 8.65. The second-order valence-corrected chi connectivity index (χ2v) is 10.2. The van der Waals surface area contributed by atoms with E-state index in [2.05, 4.69) is 55.5 Å². The summed E-state index contributed by atoms with van der Waals surface area (Å²) in [5.74, 6) is 0.240. The number of unbranched alkanes of at least 4 members (excludes halogenated alkanes) is 5. The molecule has 1 atom stereocenters. The lowest BCUT2D eigenvalue weighted by Gasteiger charge is -2.26. The molecule has 0 heterocycles. The third-order valence-corrected chi connectivity index (χ3v) is 7.57. The van der Waals surface area contributed by atoms with Crippen LogP contribution < -0.4 is 4.74 Å². The molecule has 3 aromatic rings. The second kappa shape index (κ2) is 12.9. The predicted molar refractivity (Wildman–Crippen MR) is 149 cm³/mol. The number of carbonyl (C=O) groups is 1. The van der Waals surface area contributed by atoms with Gasteiger partial charge < -0.3 is 14.6 Å². The molecule has 0 aliphatic heterocycles. The van der Waals surface area contributed by atoms with E-state index in [4.69, 9.17) is 9.47 Å². The molecule has 4 rings (SSSR count). The number of ether oxygens (including phenoxy) is 2. The molecule has 1 aliphatic rings. The van der Waals surface area contributed by atoms with Gasteiger partial charge in [0.1, 0.15) is 5.75 Å². The van der Waals surface area contributed by atoms with Crippen LogP contribution in [0, 0.1) is 0 Å². The fourth-order valence-electron chi connectivity index (χ4n) is 5.33. The molecule has 37 heavy (non-hydrogen) atoms. The van der Waals surface area contributed by atoms with Crippen LogP contribution in [0.3, 0.4) is 0 Å². The standard InChI is InChI=1S/C33H40O4/c1-3-4-5-6-12-24-37-33(2,32(34)35)25-19-21-26(22-20-25)36-23-13-11-18-31-29-16-9-7-14-27(29)28-15-8-10-17-30(28)31/h7-10,14-17,19-22,31H,3-6,11-13,18,23-24H2,1-2H3,(H,34,35). The molecule has 4 nitrogen and oxygen atoms in total. The van der Waals surface area contributed by atoms with Gasteiger partial charge in [-0.3, -0.25) is 0 Å². The lowest BCUT2D eigenvalue weighted by atomic mass is 9.92. The average molecular weight is 501 g/mol. The molecule has 1 aliphatic carbocycles. The Labute approximate surface area is 221 Å². The van der Waals surface area contributed by atoms with Gasteiger partial charge >= 0.3 is 5.97 Å². The van der Waals surface area contributed by atoms with Crippen LogP contribution in [0.2, 0.25) is 0 Å². The van der Waals surface area contributed by atoms with Gasteiger partial charge in [0.15, 0.2) is 5.60 Å². The van der Waals surface area contributed by atoms with E-state index in [1.54, 1.807) is 6.92 Å². The van der Waals surface area contributed by atoms with Crippen molar-refractivity contribution in [3.8, 4) is 16.9 Å². The third-order valence-electron chi connectivity index (χ3n) is 7.57. The highest BCUT2D eigenvalue weighted by Crippen LogP contribution is 2.46. The van der Waals surface area contributed by atoms with Crippen LogP contribution in [0.4, 0.5) is 0 Å². The van der Waals surface area contributed by atoms with Crippen molar-refractivity contribution in [1.29, 1.82) is 0 Å². The topological polar surface area (TPSA) is 55.8 Å². The normalized spacial score (nSPS) is 14.1. The van der Waals surface area contributed by atoms with Gasteiger partial charge in [-0.05, 0) is 72.6 Å². The molecule has 3 aromatic carbocycles. The van der Waals surface area contributed by atoms with Crippen molar-refractivity contribution in [3.63, 3.8) is 0 Å². The molecule has 0 saturated carbocycles. The minimum atomic E-state index is -1.35. The minimum Gasteiger partial charge on any atom is -0.494 e. The van der Waals surface area contributed by atoms with Gasteiger partial charge in [0.05, 0.1) is 6.61 Å². The Morgan fingerprint density at radius 3 is 2.00 bits per heavy atom. The summed E-state index contributed by atoms with van der Waals surface area (Å²) in [4.78, 5) is 12.0. The van der Waals surface area contributed by atoms with Gasteiger partial charge in [0.2, 0.25) is 0 Å². The number of rotatable bonds is 15. The fraction of sp³-hybridized carbons (Fsp3) is 0.424. The predicted octanol–water partition coefficient (Wildman–Crippen LogP) is 8.34. The lowest BCUT2D eigenvalue weighted by Crippen LogP contribution is -2.35. The molecule has 0 fully saturated rings. The minimum absolute atomic E-state index is 0.445. The van der Waals surface area contributed by atoms with Crippen molar-refractivity contribution in [2.45, 2.75) is 76.7 Å². The van der Waals surface area contributed by atoms with Crippen molar-refractivity contribution in [3.05, 3.63) is 89.5 Å². The van der Waals surface area contributed by atoms with Crippen molar-refractivity contribution in [2.75, 3.05) is 13.2 Å². The summed E-state index contributed by atoms with van der Waals surface area (Å²) in [7, 11) is 0. The van der Waals surface area contributed by atoms with Gasteiger partial charge in [0.25, 0.3) is 0 Å². The highest BCUT2D eigenvalue weighted by atomic mass is 16.5. The third kappa shape index (κ3) is 6.42. The molecular formula is C33H40O4. The van der Waals surface area contributed by atoms with E-state index in [9.17, 15) is 9.90 Å². The van der Waals surface area contributed by atoms with E-state index < -0.39 is 11.6 Å². The Bertz CT molecular complexity index is 1110. The van der Waals surface area contributed by atoms with E-state index in [0.717, 1.165) is 44.3 Å². The first kappa shape index (κ1) is 26.9. The molecule has 1 N–H and O–H groups in total. The molecule has 4 heteroatoms. The summed E-state index contributed by atoms with van der Waals surface area (Å²) in [6, 6.07) is 24.8. The first-order chi connectivity index (χ1) is 18.0. The maximum Gasteiger partial charge on any atom is 0.340 e. The Balaban J connectivity index is 1.25. The molecule has 0 saturated heterocycles. The zero-order valence-corrected chi connectivity index (χ0v) is 22.2. The summed E-state index contributed by atoms with van der Waals surface area (Å²) < 4.78 is 11.9. The largest absolute Gasteiger partial charge is 0.494 e. The average Bonchev–Trinajstić information content (AvgIpc) is 3.24. The Morgan fingerprint density at radius 2 is 1.38 bits per heavy atom. The molecule has 196 valence electrons. The van der Waals surface area contributed by atoms with E-state index in [1.807, 2.05) is 24.3 Å². The van der Waals surface area contributed by atoms with Gasteiger partial charge in [0, 0.05) is 12.5 Å². The Hall–Kier alpha value is -3.11. The van der Waals surface area contributed by atoms with Crippen LogP contribution in [0.1, 0.15) is 87.8 Å². The number of carboxylic acids is 1. The highest BCUT2D eigenvalue weighted by Gasteiger charge is 2.36. The molecule has 1 unspecified atom stereocenters. The van der Waals surface area contributed by atoms with Crippen LogP contribution in [0.15, 0.2) is 72.8 Å². The Morgan fingerprint density at radius 1 is 0.784 bits per heavy atom. The van der Waals surface area contributed by atoms with E-state index >= 15 is 0 Å². The summed E-state index contributed by atoms with van der Waals surface area (Å²) in [5.41, 5.74) is 4.90. The van der Waals surface area contributed by atoms with Crippen LogP contribution >= 0.6 is 0 Å². The molecule has 0 spiro atoms. The van der Waals surface area contributed by atoms with Crippen molar-refractivity contribution in [2.24, 2.45) is 0 Å². The molecular weight excluding hydrogens is 460 g/mol. The highest BCUT2D eigenvalue weighted by molar-refractivity contribution is 5.79. The summed E-state index contributed by atoms with van der Waals surface area (Å²) in [5, 5.41) is 9.85. The maximum absolute atomic E-state index is 12.0. The van der Waals surface area contributed by atoms with Crippen LogP contribution in [-0.2, 0) is 15.1 Å². The first-order valence-electron chi connectivity index (χ1n) is 13.8. The number of fused-ring (bicyclic) bond motifs is 3. The van der Waals surface area contributed by atoms with Crippen molar-refractivity contribution < 1.29 is 19.4 Å². The monoisotopic (exact) mass is 500 g/mol. The maximum atomic E-state index is 12.0. The van der Waals surface area contributed by atoms with Crippen LogP contribution in [-0.4, -0.2) is 24.3 Å². The van der Waals surface area contributed by atoms with Crippen LogP contribution in [0.25, 0.3) is 11.1 Å². The molecule has 0 radical (unpaired) electrons. The number of aliphatic carboxylic acids is 1. The number of hydrogen-bond donors (Lipinski definition) is 1. The van der Waals surface area contributed by atoms with Crippen molar-refractivity contribution >= 4 is 5.97 Å². The molecule has 0 aromatic heterocycles. The van der Waals surface area contributed by atoms with Gasteiger partial charge in [-0.15, -0.1) is 0 Å². The van der Waals surface area contributed by atoms with E-state index in [1.165, 1.54) is 35.1 Å². The number of hydrogen-bond acceptors (Lipinski definition) is 3. The van der Waals surface area contributed by atoms with Crippen LogP contribution in [0.5, 0.6) is 5.75 Å². The van der Waals surface area contributed by atoms with Crippen molar-refractivity contribution in [1.82, 2.24) is 0 Å². The zero-order valence-electron chi connectivity index (χ0n) is 22.2. The van der Waals surface area contributed by atoms with E-state index in [0.29, 0.717) is 24.7 Å². The fourth-order valence-corrected chi connectivity index (χ4v) is 5.33. The zero-order chi connectivity index (χ0) is 26.1. The first-order valence-corrected chi connectivity index (χ1v) is 13.8. The van der Waals surface area contributed by atoms with Gasteiger partial charge in [-0.2, -0.15) is 0 Å². The van der Waals surface area contributed by atoms with Gasteiger partial charge in [-0.1, -0.05) is 93.3 Å². The summed E-state index contributed by atoms with van der Waals surface area (Å²) >= 11 is 0. The lowest BCUT2D eigenvalue weighted by molar-refractivity contribution is -0.165.